The Hall–Kier alpha value is -2.00. The smallest absolute Gasteiger partial charge is 0.119 e. The molecule has 0 heterocycles. The van der Waals surface area contributed by atoms with Gasteiger partial charge >= 0.3 is 0 Å². The molecule has 1 atom stereocenters. The molecule has 0 saturated heterocycles. The van der Waals surface area contributed by atoms with E-state index in [4.69, 9.17) is 4.74 Å². The lowest BCUT2D eigenvalue weighted by molar-refractivity contribution is 0.339. The molecular weight excluding hydrogens is 262 g/mol. The average Bonchev–Trinajstić information content (AvgIpc) is 2.50. The van der Waals surface area contributed by atoms with Gasteiger partial charge in [-0.25, -0.2) is 0 Å². The standard InChI is InChI=1S/C18H23NO2/c1-3-18(15-8-10-16(20)11-9-15)19-13-14-6-5-7-17(12-14)21-4-2/h5-12,18-20H,3-4,13H2,1-2H3. The third-order valence-electron chi connectivity index (χ3n) is 3.47. The fraction of sp³-hybridized carbons (Fsp3) is 0.333. The van der Waals surface area contributed by atoms with Crippen LogP contribution >= 0.6 is 0 Å². The number of ether oxygens (including phenoxy) is 1. The van der Waals surface area contributed by atoms with E-state index in [0.717, 1.165) is 18.7 Å². The van der Waals surface area contributed by atoms with Gasteiger partial charge in [0.1, 0.15) is 11.5 Å². The highest BCUT2D eigenvalue weighted by Crippen LogP contribution is 2.20. The number of phenols is 1. The molecule has 2 N–H and O–H groups in total. The van der Waals surface area contributed by atoms with E-state index < -0.39 is 0 Å². The summed E-state index contributed by atoms with van der Waals surface area (Å²) in [4.78, 5) is 0. The summed E-state index contributed by atoms with van der Waals surface area (Å²) in [5, 5.41) is 12.9. The van der Waals surface area contributed by atoms with Crippen LogP contribution in [0.2, 0.25) is 0 Å². The maximum absolute atomic E-state index is 9.37. The first-order valence-electron chi connectivity index (χ1n) is 7.47. The molecule has 2 aromatic rings. The normalized spacial score (nSPS) is 12.1. The summed E-state index contributed by atoms with van der Waals surface area (Å²) in [5.74, 6) is 1.22. The van der Waals surface area contributed by atoms with Crippen molar-refractivity contribution >= 4 is 0 Å². The topological polar surface area (TPSA) is 41.5 Å². The minimum atomic E-state index is 0.279. The molecule has 21 heavy (non-hydrogen) atoms. The number of nitrogens with one attached hydrogen (secondary N) is 1. The predicted octanol–water partition coefficient (Wildman–Crippen LogP) is 4.03. The van der Waals surface area contributed by atoms with Crippen molar-refractivity contribution in [3.8, 4) is 11.5 Å². The minimum Gasteiger partial charge on any atom is -0.508 e. The van der Waals surface area contributed by atoms with Gasteiger partial charge in [0.05, 0.1) is 6.61 Å². The number of hydrogen-bond donors (Lipinski definition) is 2. The molecule has 0 aliphatic rings. The van der Waals surface area contributed by atoms with Gasteiger partial charge in [-0.15, -0.1) is 0 Å². The first kappa shape index (κ1) is 15.4. The lowest BCUT2D eigenvalue weighted by Crippen LogP contribution is -2.20. The van der Waals surface area contributed by atoms with Crippen LogP contribution in [0.25, 0.3) is 0 Å². The summed E-state index contributed by atoms with van der Waals surface area (Å²) < 4.78 is 5.52. The molecule has 0 aliphatic carbocycles. The quantitative estimate of drug-likeness (QED) is 0.807. The van der Waals surface area contributed by atoms with Crippen molar-refractivity contribution in [2.24, 2.45) is 0 Å². The monoisotopic (exact) mass is 285 g/mol. The Morgan fingerprint density at radius 3 is 2.52 bits per heavy atom. The van der Waals surface area contributed by atoms with Crippen LogP contribution < -0.4 is 10.1 Å². The Bertz CT molecular complexity index is 551. The molecule has 3 nitrogen and oxygen atoms in total. The Morgan fingerprint density at radius 2 is 1.86 bits per heavy atom. The van der Waals surface area contributed by atoms with Gasteiger partial charge in [-0.3, -0.25) is 0 Å². The van der Waals surface area contributed by atoms with E-state index in [1.54, 1.807) is 12.1 Å². The molecule has 112 valence electrons. The van der Waals surface area contributed by atoms with Crippen molar-refractivity contribution in [2.45, 2.75) is 32.9 Å². The summed E-state index contributed by atoms with van der Waals surface area (Å²) in [6.45, 7) is 5.62. The SMILES string of the molecule is CCOc1cccc(CNC(CC)c2ccc(O)cc2)c1. The van der Waals surface area contributed by atoms with Crippen molar-refractivity contribution in [1.29, 1.82) is 0 Å². The first-order valence-corrected chi connectivity index (χ1v) is 7.47. The summed E-state index contributed by atoms with van der Waals surface area (Å²) in [6, 6.07) is 15.8. The molecule has 0 aliphatic heterocycles. The van der Waals surface area contributed by atoms with Crippen LogP contribution in [0.5, 0.6) is 11.5 Å². The maximum Gasteiger partial charge on any atom is 0.119 e. The van der Waals surface area contributed by atoms with Crippen molar-refractivity contribution < 1.29 is 9.84 Å². The van der Waals surface area contributed by atoms with E-state index in [1.165, 1.54) is 11.1 Å². The zero-order valence-electron chi connectivity index (χ0n) is 12.7. The highest BCUT2D eigenvalue weighted by atomic mass is 16.5. The lowest BCUT2D eigenvalue weighted by atomic mass is 10.0. The van der Waals surface area contributed by atoms with Crippen LogP contribution in [0.4, 0.5) is 0 Å². The van der Waals surface area contributed by atoms with E-state index in [-0.39, 0.29) is 6.04 Å². The minimum absolute atomic E-state index is 0.279. The van der Waals surface area contributed by atoms with Gasteiger partial charge in [0.2, 0.25) is 0 Å². The van der Waals surface area contributed by atoms with Crippen LogP contribution in [-0.2, 0) is 6.54 Å². The second-order valence-electron chi connectivity index (χ2n) is 5.01. The molecule has 0 saturated carbocycles. The molecule has 0 radical (unpaired) electrons. The van der Waals surface area contributed by atoms with Crippen LogP contribution in [0.15, 0.2) is 48.5 Å². The summed E-state index contributed by atoms with van der Waals surface area (Å²) in [7, 11) is 0. The van der Waals surface area contributed by atoms with Gasteiger partial charge in [0, 0.05) is 12.6 Å². The van der Waals surface area contributed by atoms with E-state index in [2.05, 4.69) is 24.4 Å². The molecule has 2 rings (SSSR count). The van der Waals surface area contributed by atoms with Crippen molar-refractivity contribution in [1.82, 2.24) is 5.32 Å². The van der Waals surface area contributed by atoms with Gasteiger partial charge in [-0.05, 0) is 48.7 Å². The van der Waals surface area contributed by atoms with Gasteiger partial charge < -0.3 is 15.2 Å². The number of phenolic OH excluding ortho intramolecular Hbond substituents is 1. The van der Waals surface area contributed by atoms with Crippen molar-refractivity contribution in [2.75, 3.05) is 6.61 Å². The molecule has 0 bridgehead atoms. The van der Waals surface area contributed by atoms with Gasteiger partial charge in [0.25, 0.3) is 0 Å². The zero-order valence-corrected chi connectivity index (χ0v) is 12.7. The summed E-state index contributed by atoms with van der Waals surface area (Å²) in [5.41, 5.74) is 2.40. The second-order valence-corrected chi connectivity index (χ2v) is 5.01. The molecule has 0 fully saturated rings. The number of benzene rings is 2. The maximum atomic E-state index is 9.37. The van der Waals surface area contributed by atoms with E-state index in [1.807, 2.05) is 31.2 Å². The molecule has 0 spiro atoms. The Labute approximate surface area is 126 Å². The predicted molar refractivity (Wildman–Crippen MR) is 85.6 cm³/mol. The first-order chi connectivity index (χ1) is 10.2. The van der Waals surface area contributed by atoms with E-state index >= 15 is 0 Å². The average molecular weight is 285 g/mol. The largest absolute Gasteiger partial charge is 0.508 e. The lowest BCUT2D eigenvalue weighted by Gasteiger charge is -2.18. The van der Waals surface area contributed by atoms with Crippen molar-refractivity contribution in [3.63, 3.8) is 0 Å². The molecular formula is C18H23NO2. The third-order valence-corrected chi connectivity index (χ3v) is 3.47. The van der Waals surface area contributed by atoms with Crippen molar-refractivity contribution in [3.05, 3.63) is 59.7 Å². The molecule has 2 aromatic carbocycles. The second kappa shape index (κ2) is 7.70. The molecule has 0 aromatic heterocycles. The fourth-order valence-electron chi connectivity index (χ4n) is 2.36. The molecule has 1 unspecified atom stereocenters. The summed E-state index contributed by atoms with van der Waals surface area (Å²) in [6.07, 6.45) is 0.996. The molecule has 0 amide bonds. The van der Waals surface area contributed by atoms with Crippen LogP contribution in [-0.4, -0.2) is 11.7 Å². The Kier molecular flexibility index (Phi) is 5.64. The van der Waals surface area contributed by atoms with Gasteiger partial charge in [-0.2, -0.15) is 0 Å². The van der Waals surface area contributed by atoms with Crippen LogP contribution in [0.3, 0.4) is 0 Å². The number of rotatable bonds is 7. The van der Waals surface area contributed by atoms with Crippen LogP contribution in [0.1, 0.15) is 37.4 Å². The van der Waals surface area contributed by atoms with E-state index in [9.17, 15) is 5.11 Å². The molecule has 3 heteroatoms. The number of hydrogen-bond acceptors (Lipinski definition) is 3. The highest BCUT2D eigenvalue weighted by molar-refractivity contribution is 5.30. The zero-order chi connectivity index (χ0) is 15.1. The van der Waals surface area contributed by atoms with Crippen LogP contribution in [0, 0.1) is 0 Å². The Morgan fingerprint density at radius 1 is 1.10 bits per heavy atom. The fourth-order valence-corrected chi connectivity index (χ4v) is 2.36. The third kappa shape index (κ3) is 4.50. The number of aromatic hydroxyl groups is 1. The van der Waals surface area contributed by atoms with E-state index in [0.29, 0.717) is 12.4 Å². The van der Waals surface area contributed by atoms with Gasteiger partial charge in [0.15, 0.2) is 0 Å². The Balaban J connectivity index is 1.99. The van der Waals surface area contributed by atoms with Gasteiger partial charge in [-0.1, -0.05) is 31.2 Å². The summed E-state index contributed by atoms with van der Waals surface area (Å²) >= 11 is 0. The highest BCUT2D eigenvalue weighted by Gasteiger charge is 2.08.